The van der Waals surface area contributed by atoms with Gasteiger partial charge >= 0.3 is 0 Å². The summed E-state index contributed by atoms with van der Waals surface area (Å²) >= 11 is 0. The smallest absolute Gasteiger partial charge is 0.228 e. The van der Waals surface area contributed by atoms with E-state index in [9.17, 15) is 14.9 Å². The lowest BCUT2D eigenvalue weighted by Crippen LogP contribution is -2.14. The molecule has 0 spiro atoms. The Morgan fingerprint density at radius 2 is 1.97 bits per heavy atom. The molecule has 1 amide bonds. The quantitative estimate of drug-likeness (QED) is 0.232. The van der Waals surface area contributed by atoms with E-state index in [2.05, 4.69) is 21.5 Å². The largest absolute Gasteiger partial charge is 0.310 e. The lowest BCUT2D eigenvalue weighted by atomic mass is 9.85. The van der Waals surface area contributed by atoms with Crippen molar-refractivity contribution in [3.8, 4) is 17.2 Å². The highest BCUT2D eigenvalue weighted by Gasteiger charge is 2.29. The van der Waals surface area contributed by atoms with Crippen LogP contribution in [-0.2, 0) is 15.0 Å². The van der Waals surface area contributed by atoms with Crippen LogP contribution in [0.5, 0.6) is 0 Å². The molecule has 0 bridgehead atoms. The van der Waals surface area contributed by atoms with Crippen molar-refractivity contribution < 1.29 is 9.59 Å². The number of allylic oxidation sites excluding steroid dienone is 5. The van der Waals surface area contributed by atoms with E-state index >= 15 is 0 Å². The van der Waals surface area contributed by atoms with E-state index in [4.69, 9.17) is 0 Å². The molecule has 1 saturated carbocycles. The number of carbonyl (C=O) groups excluding carboxylic acids is 2. The molecule has 3 aromatic rings. The van der Waals surface area contributed by atoms with Crippen LogP contribution >= 0.6 is 0 Å². The van der Waals surface area contributed by atoms with Crippen LogP contribution in [0, 0.1) is 17.2 Å². The summed E-state index contributed by atoms with van der Waals surface area (Å²) < 4.78 is 1.66. The van der Waals surface area contributed by atoms with E-state index in [0.717, 1.165) is 47.0 Å². The van der Waals surface area contributed by atoms with Crippen molar-refractivity contribution in [2.24, 2.45) is 5.92 Å². The number of nitrogens with one attached hydrogen (secondary N) is 1. The zero-order valence-electron chi connectivity index (χ0n) is 21.2. The Hall–Kier alpha value is -4.57. The molecule has 1 aliphatic rings. The second-order valence-electron chi connectivity index (χ2n) is 9.63. The van der Waals surface area contributed by atoms with Crippen molar-refractivity contribution in [3.63, 3.8) is 0 Å². The molecule has 7 nitrogen and oxygen atoms in total. The fraction of sp³-hybridized carbons (Fsp3) is 0.233. The average molecular weight is 492 g/mol. The Labute approximate surface area is 216 Å². The van der Waals surface area contributed by atoms with Crippen LogP contribution in [0.3, 0.4) is 0 Å². The van der Waals surface area contributed by atoms with E-state index < -0.39 is 5.41 Å². The summed E-state index contributed by atoms with van der Waals surface area (Å²) in [6, 6.07) is 13.9. The van der Waals surface area contributed by atoms with Crippen LogP contribution in [0.15, 0.2) is 78.8 Å². The highest BCUT2D eigenvalue weighted by atomic mass is 16.2. The van der Waals surface area contributed by atoms with Crippen molar-refractivity contribution in [1.82, 2.24) is 14.8 Å². The summed E-state index contributed by atoms with van der Waals surface area (Å²) in [7, 11) is 0. The van der Waals surface area contributed by atoms with Gasteiger partial charge in [0.1, 0.15) is 12.1 Å². The van der Waals surface area contributed by atoms with Gasteiger partial charge in [-0.2, -0.15) is 10.4 Å². The third kappa shape index (κ3) is 6.36. The molecule has 2 aromatic heterocycles. The summed E-state index contributed by atoms with van der Waals surface area (Å²) in [5.74, 6) is 0.670. The number of benzene rings is 1. The van der Waals surface area contributed by atoms with Crippen LogP contribution in [0.4, 0.5) is 5.82 Å². The van der Waals surface area contributed by atoms with Gasteiger partial charge in [-0.3, -0.25) is 9.59 Å². The van der Waals surface area contributed by atoms with Crippen LogP contribution in [-0.4, -0.2) is 27.0 Å². The number of pyridine rings is 1. The first-order chi connectivity index (χ1) is 17.8. The summed E-state index contributed by atoms with van der Waals surface area (Å²) in [5.41, 5.74) is 4.56. The number of hydrogen-bond acceptors (Lipinski definition) is 5. The number of aromatic nitrogens is 3. The highest BCUT2D eigenvalue weighted by molar-refractivity contribution is 5.93. The van der Waals surface area contributed by atoms with Crippen LogP contribution < -0.4 is 5.32 Å². The Morgan fingerprint density at radius 3 is 2.65 bits per heavy atom. The number of amides is 1. The van der Waals surface area contributed by atoms with Gasteiger partial charge in [-0.25, -0.2) is 9.67 Å². The normalized spacial score (nSPS) is 14.4. The molecule has 37 heavy (non-hydrogen) atoms. The predicted molar refractivity (Wildman–Crippen MR) is 145 cm³/mol. The standard InChI is InChI=1S/C30H29N5O2/c1-21(6-4-7-22-8-5-9-26(16-22)30(2,3)20-31)27(14-15-36)35-19-25(18-33-35)24-12-13-28(32-17-24)34-29(37)23-10-11-23/h4-9,12-19,23H,10-11H2,1-3H3,(H,32,34,37)/b7-4+,21-6-,27-14+. The number of nitrogens with zero attached hydrogens (tertiary/aromatic N) is 4. The maximum atomic E-state index is 11.9. The maximum Gasteiger partial charge on any atom is 0.228 e. The average Bonchev–Trinajstić information content (AvgIpc) is 3.65. The van der Waals surface area contributed by atoms with Gasteiger partial charge < -0.3 is 5.32 Å². The van der Waals surface area contributed by atoms with Crippen molar-refractivity contribution >= 4 is 29.8 Å². The first-order valence-corrected chi connectivity index (χ1v) is 12.2. The third-order valence-corrected chi connectivity index (χ3v) is 6.28. The minimum atomic E-state index is -0.562. The first-order valence-electron chi connectivity index (χ1n) is 12.2. The molecule has 4 rings (SSSR count). The summed E-state index contributed by atoms with van der Waals surface area (Å²) in [5, 5.41) is 16.7. The molecule has 0 aliphatic heterocycles. The number of aldehydes is 1. The molecule has 186 valence electrons. The molecule has 2 heterocycles. The number of carbonyl (C=O) groups is 2. The number of anilines is 1. The van der Waals surface area contributed by atoms with Crippen molar-refractivity contribution in [2.45, 2.75) is 39.0 Å². The predicted octanol–water partition coefficient (Wildman–Crippen LogP) is 5.79. The molecule has 0 unspecified atom stereocenters. The van der Waals surface area contributed by atoms with Crippen molar-refractivity contribution in [1.29, 1.82) is 5.26 Å². The Kier molecular flexibility index (Phi) is 7.59. The van der Waals surface area contributed by atoms with Gasteiger partial charge in [0.25, 0.3) is 0 Å². The van der Waals surface area contributed by atoms with Gasteiger partial charge in [0, 0.05) is 35.5 Å². The second kappa shape index (κ2) is 11.0. The zero-order valence-corrected chi connectivity index (χ0v) is 21.2. The van der Waals surface area contributed by atoms with Crippen molar-refractivity contribution in [3.05, 3.63) is 89.9 Å². The van der Waals surface area contributed by atoms with Gasteiger partial charge in [-0.05, 0) is 62.4 Å². The van der Waals surface area contributed by atoms with Gasteiger partial charge in [0.05, 0.1) is 23.4 Å². The number of hydrogen-bond donors (Lipinski definition) is 1. The second-order valence-corrected chi connectivity index (χ2v) is 9.63. The SMILES string of the molecule is CC(=C/C=C/c1cccc(C(C)(C)C#N)c1)/C(=C\C=O)n1cc(-c2ccc(NC(=O)C3CC3)nc2)cn1. The van der Waals surface area contributed by atoms with E-state index in [1.165, 1.54) is 6.08 Å². The molecule has 0 radical (unpaired) electrons. The highest BCUT2D eigenvalue weighted by Crippen LogP contribution is 2.30. The Balaban J connectivity index is 1.49. The van der Waals surface area contributed by atoms with Gasteiger partial charge in [0.15, 0.2) is 0 Å². The summed E-state index contributed by atoms with van der Waals surface area (Å²) in [6.45, 7) is 5.70. The Bertz CT molecular complexity index is 1430. The first kappa shape index (κ1) is 25.5. The van der Waals surface area contributed by atoms with E-state index in [0.29, 0.717) is 11.5 Å². The topological polar surface area (TPSA) is 101 Å². The molecule has 0 atom stereocenters. The fourth-order valence-corrected chi connectivity index (χ4v) is 3.75. The number of rotatable bonds is 9. The van der Waals surface area contributed by atoms with Gasteiger partial charge in [-0.15, -0.1) is 0 Å². The Morgan fingerprint density at radius 1 is 1.16 bits per heavy atom. The third-order valence-electron chi connectivity index (χ3n) is 6.28. The van der Waals surface area contributed by atoms with Crippen molar-refractivity contribution in [2.75, 3.05) is 5.32 Å². The van der Waals surface area contributed by atoms with E-state index in [-0.39, 0.29) is 11.8 Å². The lowest BCUT2D eigenvalue weighted by molar-refractivity contribution is -0.117. The molecule has 1 aliphatic carbocycles. The monoisotopic (exact) mass is 491 g/mol. The molecule has 7 heteroatoms. The molecule has 1 N–H and O–H groups in total. The van der Waals surface area contributed by atoms with E-state index in [1.54, 1.807) is 23.1 Å². The molecule has 1 aromatic carbocycles. The molecular formula is C30H29N5O2. The minimum Gasteiger partial charge on any atom is -0.310 e. The number of nitriles is 1. The van der Waals surface area contributed by atoms with Crippen LogP contribution in [0.25, 0.3) is 22.9 Å². The lowest BCUT2D eigenvalue weighted by Gasteiger charge is -2.15. The van der Waals surface area contributed by atoms with Gasteiger partial charge in [0.2, 0.25) is 5.91 Å². The summed E-state index contributed by atoms with van der Waals surface area (Å²) in [6.07, 6.45) is 15.1. The maximum absolute atomic E-state index is 11.9. The molecule has 0 saturated heterocycles. The van der Waals surface area contributed by atoms with E-state index in [1.807, 2.05) is 75.5 Å². The molecule has 1 fully saturated rings. The van der Waals surface area contributed by atoms with Gasteiger partial charge in [-0.1, -0.05) is 42.5 Å². The fourth-order valence-electron chi connectivity index (χ4n) is 3.75. The van der Waals surface area contributed by atoms with Crippen LogP contribution in [0.1, 0.15) is 44.7 Å². The zero-order chi connectivity index (χ0) is 26.4. The molecular weight excluding hydrogens is 462 g/mol. The van der Waals surface area contributed by atoms with Crippen LogP contribution in [0.2, 0.25) is 0 Å². The summed E-state index contributed by atoms with van der Waals surface area (Å²) in [4.78, 5) is 27.7. The minimum absolute atomic E-state index is 0.0201.